The minimum atomic E-state index is -2.94. The molecule has 1 fully saturated rings. The number of nitrogens with zero attached hydrogens (tertiary/aromatic N) is 2. The lowest BCUT2D eigenvalue weighted by molar-refractivity contribution is -0.140. The highest BCUT2D eigenvalue weighted by Gasteiger charge is 2.60. The van der Waals surface area contributed by atoms with E-state index < -0.39 is 40.8 Å². The molecule has 1 aliphatic heterocycles. The van der Waals surface area contributed by atoms with E-state index in [1.54, 1.807) is 20.8 Å². The number of benzene rings is 1. The summed E-state index contributed by atoms with van der Waals surface area (Å²) in [5, 5.41) is 0. The van der Waals surface area contributed by atoms with Gasteiger partial charge < -0.3 is 5.73 Å². The zero-order valence-electron chi connectivity index (χ0n) is 15.6. The maximum atomic E-state index is 14.7. The second-order valence-electron chi connectivity index (χ2n) is 8.01. The van der Waals surface area contributed by atoms with Crippen LogP contribution in [0.15, 0.2) is 23.2 Å². The van der Waals surface area contributed by atoms with Crippen LogP contribution in [0.4, 0.5) is 13.2 Å². The van der Waals surface area contributed by atoms with Gasteiger partial charge in [-0.25, -0.2) is 18.2 Å². The zero-order valence-corrected chi connectivity index (χ0v) is 15.6. The van der Waals surface area contributed by atoms with Crippen LogP contribution >= 0.6 is 0 Å². The molecule has 1 heterocycles. The molecule has 3 rings (SSSR count). The Morgan fingerprint density at radius 1 is 1.33 bits per heavy atom. The molecule has 1 aromatic carbocycles. The van der Waals surface area contributed by atoms with Gasteiger partial charge in [0, 0.05) is 25.5 Å². The highest BCUT2D eigenvalue weighted by atomic mass is 19.3. The molecule has 0 spiro atoms. The predicted octanol–water partition coefficient (Wildman–Crippen LogP) is 2.62. The van der Waals surface area contributed by atoms with Crippen molar-refractivity contribution < 1.29 is 22.8 Å². The first-order valence-electron chi connectivity index (χ1n) is 8.64. The van der Waals surface area contributed by atoms with Gasteiger partial charge in [-0.1, -0.05) is 6.07 Å². The molecular weight excluding hydrogens is 359 g/mol. The number of guanidine groups is 1. The third kappa shape index (κ3) is 2.91. The molecule has 0 bridgehead atoms. The Balaban J connectivity index is 2.01. The summed E-state index contributed by atoms with van der Waals surface area (Å²) in [6.07, 6.45) is -0.663. The fraction of sp³-hybridized carbons (Fsp3) is 0.526. The Bertz CT molecular complexity index is 866. The number of hydrogen-bond acceptors (Lipinski definition) is 4. The SMILES string of the molecule is CN1C(=O)C(C)(C)[C@@](C)(c2cc(CC(=O)[C@H]3CC3(F)F)ccc2F)N=C1N. The fourth-order valence-corrected chi connectivity index (χ4v) is 3.51. The van der Waals surface area contributed by atoms with E-state index in [0.29, 0.717) is 5.56 Å². The second-order valence-corrected chi connectivity index (χ2v) is 8.01. The fourth-order valence-electron chi connectivity index (χ4n) is 3.51. The standard InChI is InChI=1S/C19H22F3N3O2/c1-17(2)15(27)25(4)16(23)24-18(17,3)11-7-10(5-6-13(11)20)8-14(26)12-9-19(12,21)22/h5-7,12H,8-9H2,1-4H3,(H2,23,24)/t12-,18-/m1/s1. The number of carbonyl (C=O) groups is 2. The van der Waals surface area contributed by atoms with Crippen LogP contribution in [0.3, 0.4) is 0 Å². The van der Waals surface area contributed by atoms with Crippen LogP contribution in [0.5, 0.6) is 0 Å². The molecule has 5 nitrogen and oxygen atoms in total. The van der Waals surface area contributed by atoms with Crippen LogP contribution in [0.25, 0.3) is 0 Å². The van der Waals surface area contributed by atoms with Gasteiger partial charge in [0.05, 0.1) is 11.3 Å². The van der Waals surface area contributed by atoms with Gasteiger partial charge in [-0.05, 0) is 38.5 Å². The van der Waals surface area contributed by atoms with E-state index in [0.717, 1.165) is 0 Å². The van der Waals surface area contributed by atoms with Crippen LogP contribution in [-0.4, -0.2) is 35.5 Å². The van der Waals surface area contributed by atoms with Crippen molar-refractivity contribution in [1.82, 2.24) is 4.90 Å². The zero-order chi connectivity index (χ0) is 20.4. The molecule has 2 N–H and O–H groups in total. The van der Waals surface area contributed by atoms with E-state index >= 15 is 0 Å². The molecule has 1 saturated carbocycles. The van der Waals surface area contributed by atoms with Crippen LogP contribution in [0.2, 0.25) is 0 Å². The highest BCUT2D eigenvalue weighted by Crippen LogP contribution is 2.50. The van der Waals surface area contributed by atoms with Crippen molar-refractivity contribution in [1.29, 1.82) is 0 Å². The molecule has 1 amide bonds. The van der Waals surface area contributed by atoms with Crippen LogP contribution in [0, 0.1) is 17.2 Å². The molecule has 146 valence electrons. The molecule has 27 heavy (non-hydrogen) atoms. The average Bonchev–Trinajstić information content (AvgIpc) is 3.22. The van der Waals surface area contributed by atoms with Crippen LogP contribution in [0.1, 0.15) is 38.3 Å². The molecule has 0 aromatic heterocycles. The Morgan fingerprint density at radius 2 is 1.93 bits per heavy atom. The summed E-state index contributed by atoms with van der Waals surface area (Å²) < 4.78 is 40.9. The number of alkyl halides is 2. The van der Waals surface area contributed by atoms with Gasteiger partial charge >= 0.3 is 0 Å². The van der Waals surface area contributed by atoms with Crippen molar-refractivity contribution >= 4 is 17.6 Å². The van der Waals surface area contributed by atoms with Gasteiger partial charge in [-0.3, -0.25) is 14.5 Å². The topological polar surface area (TPSA) is 75.8 Å². The Labute approximate surface area is 155 Å². The number of rotatable bonds is 4. The number of halogens is 3. The summed E-state index contributed by atoms with van der Waals surface area (Å²) in [6, 6.07) is 3.97. The minimum absolute atomic E-state index is 0.0414. The quantitative estimate of drug-likeness (QED) is 0.871. The van der Waals surface area contributed by atoms with E-state index in [2.05, 4.69) is 4.99 Å². The number of carbonyl (C=O) groups excluding carboxylic acids is 2. The van der Waals surface area contributed by atoms with E-state index in [-0.39, 0.29) is 23.9 Å². The first-order valence-corrected chi connectivity index (χ1v) is 8.64. The normalized spacial score (nSPS) is 28.7. The second kappa shape index (κ2) is 5.81. The van der Waals surface area contributed by atoms with Gasteiger partial charge in [-0.15, -0.1) is 0 Å². The van der Waals surface area contributed by atoms with Gasteiger partial charge in [0.25, 0.3) is 5.92 Å². The van der Waals surface area contributed by atoms with Crippen LogP contribution < -0.4 is 5.73 Å². The van der Waals surface area contributed by atoms with Gasteiger partial charge in [0.2, 0.25) is 5.91 Å². The lowest BCUT2D eigenvalue weighted by Gasteiger charge is -2.46. The number of aliphatic imine (C=N–C) groups is 1. The van der Waals surface area contributed by atoms with E-state index in [4.69, 9.17) is 5.73 Å². The van der Waals surface area contributed by atoms with Crippen molar-refractivity contribution in [3.8, 4) is 0 Å². The third-order valence-electron chi connectivity index (χ3n) is 5.89. The summed E-state index contributed by atoms with van der Waals surface area (Å²) in [5.41, 5.74) is 3.92. The number of nitrogens with two attached hydrogens (primary N) is 1. The molecule has 2 atom stereocenters. The van der Waals surface area contributed by atoms with E-state index in [9.17, 15) is 22.8 Å². The van der Waals surface area contributed by atoms with E-state index in [1.165, 1.54) is 30.1 Å². The lowest BCUT2D eigenvalue weighted by Crippen LogP contribution is -2.58. The maximum absolute atomic E-state index is 14.7. The average molecular weight is 381 g/mol. The van der Waals surface area contributed by atoms with E-state index in [1.807, 2.05) is 0 Å². The van der Waals surface area contributed by atoms with Gasteiger partial charge in [0.1, 0.15) is 17.1 Å². The summed E-state index contributed by atoms with van der Waals surface area (Å²) in [7, 11) is 1.49. The number of Topliss-reactive ketones (excluding diaryl/α,β-unsaturated/α-hetero) is 1. The van der Waals surface area contributed by atoms with Crippen molar-refractivity contribution in [3.63, 3.8) is 0 Å². The molecule has 0 radical (unpaired) electrons. The lowest BCUT2D eigenvalue weighted by atomic mass is 9.67. The van der Waals surface area contributed by atoms with Crippen molar-refractivity contribution in [3.05, 3.63) is 35.1 Å². The number of ketones is 1. The van der Waals surface area contributed by atoms with Gasteiger partial charge in [-0.2, -0.15) is 0 Å². The largest absolute Gasteiger partial charge is 0.369 e. The predicted molar refractivity (Wildman–Crippen MR) is 93.7 cm³/mol. The summed E-state index contributed by atoms with van der Waals surface area (Å²) in [6.45, 7) is 4.89. The smallest absolute Gasteiger partial charge is 0.258 e. The maximum Gasteiger partial charge on any atom is 0.258 e. The Morgan fingerprint density at radius 3 is 2.48 bits per heavy atom. The highest BCUT2D eigenvalue weighted by molar-refractivity contribution is 6.01. The molecule has 0 saturated heterocycles. The van der Waals surface area contributed by atoms with Gasteiger partial charge in [0.15, 0.2) is 5.96 Å². The molecular formula is C19H22F3N3O2. The molecule has 2 aliphatic rings. The molecule has 1 aromatic rings. The number of amides is 1. The minimum Gasteiger partial charge on any atom is -0.369 e. The molecule has 8 heteroatoms. The van der Waals surface area contributed by atoms with Crippen LogP contribution in [-0.2, 0) is 21.5 Å². The first-order chi connectivity index (χ1) is 12.3. The monoisotopic (exact) mass is 381 g/mol. The van der Waals surface area contributed by atoms with Crippen molar-refractivity contribution in [2.75, 3.05) is 7.05 Å². The number of hydrogen-bond donors (Lipinski definition) is 1. The summed E-state index contributed by atoms with van der Waals surface area (Å²) in [4.78, 5) is 30.3. The molecule has 1 aliphatic carbocycles. The van der Waals surface area contributed by atoms with Crippen molar-refractivity contribution in [2.24, 2.45) is 22.1 Å². The Hall–Kier alpha value is -2.38. The Kier molecular flexibility index (Phi) is 4.17. The molecule has 0 unspecified atom stereocenters. The third-order valence-corrected chi connectivity index (χ3v) is 5.89. The summed E-state index contributed by atoms with van der Waals surface area (Å²) in [5.74, 6) is -5.75. The van der Waals surface area contributed by atoms with Crippen molar-refractivity contribution in [2.45, 2.75) is 45.1 Å². The summed E-state index contributed by atoms with van der Waals surface area (Å²) >= 11 is 0. The first kappa shape index (κ1) is 19.4.